The smallest absolute Gasteiger partial charge is 0.329 e. The molecule has 2 aliphatic rings. The highest BCUT2D eigenvalue weighted by molar-refractivity contribution is 6.22. The van der Waals surface area contributed by atoms with Crippen molar-refractivity contribution in [2.75, 3.05) is 49.7 Å². The number of hydrogen-bond acceptors (Lipinski definition) is 6. The lowest BCUT2D eigenvalue weighted by Gasteiger charge is -2.26. The fraction of sp³-hybridized carbons (Fsp3) is 0.348. The zero-order valence-electron chi connectivity index (χ0n) is 17.7. The van der Waals surface area contributed by atoms with Crippen molar-refractivity contribution >= 4 is 29.2 Å². The molecule has 9 nitrogen and oxygen atoms in total. The maximum atomic E-state index is 12.6. The molecular weight excluding hydrogens is 412 g/mol. The lowest BCUT2D eigenvalue weighted by atomic mass is 10.2. The van der Waals surface area contributed by atoms with Crippen molar-refractivity contribution in [2.45, 2.75) is 12.5 Å². The number of hydrogen-bond donors (Lipinski definition) is 2. The lowest BCUT2D eigenvalue weighted by Crippen LogP contribution is -2.38. The molecule has 4 rings (SSSR count). The molecule has 1 unspecified atom stereocenters. The predicted octanol–water partition coefficient (Wildman–Crippen LogP) is 1.85. The first-order valence-corrected chi connectivity index (χ1v) is 10.6. The summed E-state index contributed by atoms with van der Waals surface area (Å²) in [5.41, 5.74) is 1.04. The van der Waals surface area contributed by atoms with E-state index in [1.54, 1.807) is 48.5 Å². The fourth-order valence-electron chi connectivity index (χ4n) is 3.67. The number of morpholine rings is 1. The molecule has 1 atom stereocenters. The number of carbonyl (C=O) groups excluding carboxylic acids is 3. The fourth-order valence-corrected chi connectivity index (χ4v) is 3.67. The summed E-state index contributed by atoms with van der Waals surface area (Å²) in [6.07, 6.45) is -0.157. The van der Waals surface area contributed by atoms with Crippen LogP contribution in [0.25, 0.3) is 0 Å². The van der Waals surface area contributed by atoms with Crippen molar-refractivity contribution in [1.29, 1.82) is 0 Å². The Kier molecular flexibility index (Phi) is 6.98. The summed E-state index contributed by atoms with van der Waals surface area (Å²) in [4.78, 5) is 40.7. The Morgan fingerprint density at radius 3 is 2.66 bits per heavy atom. The van der Waals surface area contributed by atoms with Crippen LogP contribution in [0.1, 0.15) is 6.42 Å². The normalized spacial score (nSPS) is 19.0. The molecule has 9 heteroatoms. The van der Waals surface area contributed by atoms with Gasteiger partial charge in [-0.15, -0.1) is 0 Å². The Labute approximate surface area is 186 Å². The van der Waals surface area contributed by atoms with Gasteiger partial charge in [0.1, 0.15) is 18.4 Å². The number of carbonyl (C=O) groups is 3. The Morgan fingerprint density at radius 2 is 1.88 bits per heavy atom. The third-order valence-electron chi connectivity index (χ3n) is 5.32. The molecule has 2 N–H and O–H groups in total. The van der Waals surface area contributed by atoms with Gasteiger partial charge >= 0.3 is 6.03 Å². The first-order chi connectivity index (χ1) is 15.6. The van der Waals surface area contributed by atoms with Crippen LogP contribution in [0.15, 0.2) is 54.6 Å². The van der Waals surface area contributed by atoms with Gasteiger partial charge in [-0.25, -0.2) is 9.69 Å². The molecule has 0 radical (unpaired) electrons. The largest absolute Gasteiger partial charge is 0.492 e. The van der Waals surface area contributed by atoms with E-state index in [9.17, 15) is 14.4 Å². The summed E-state index contributed by atoms with van der Waals surface area (Å²) in [5.74, 6) is -0.169. The van der Waals surface area contributed by atoms with Gasteiger partial charge in [-0.05, 0) is 24.3 Å². The molecule has 4 amide bonds. The van der Waals surface area contributed by atoms with E-state index >= 15 is 0 Å². The minimum absolute atomic E-state index is 0.157. The summed E-state index contributed by atoms with van der Waals surface area (Å²) < 4.78 is 11.1. The average Bonchev–Trinajstić information content (AvgIpc) is 3.08. The molecule has 0 aromatic heterocycles. The van der Waals surface area contributed by atoms with Crippen LogP contribution in [0.2, 0.25) is 0 Å². The minimum Gasteiger partial charge on any atom is -0.492 e. The van der Waals surface area contributed by atoms with Gasteiger partial charge < -0.3 is 20.1 Å². The van der Waals surface area contributed by atoms with E-state index in [2.05, 4.69) is 15.5 Å². The van der Waals surface area contributed by atoms with E-state index in [0.717, 1.165) is 37.7 Å². The van der Waals surface area contributed by atoms with Crippen molar-refractivity contribution in [1.82, 2.24) is 10.2 Å². The van der Waals surface area contributed by atoms with Crippen molar-refractivity contribution in [3.63, 3.8) is 0 Å². The molecule has 2 heterocycles. The summed E-state index contributed by atoms with van der Waals surface area (Å²) >= 11 is 0. The van der Waals surface area contributed by atoms with Crippen LogP contribution in [-0.2, 0) is 14.3 Å². The van der Waals surface area contributed by atoms with E-state index in [1.165, 1.54) is 0 Å². The van der Waals surface area contributed by atoms with Crippen LogP contribution in [-0.4, -0.2) is 68.2 Å². The van der Waals surface area contributed by atoms with Crippen molar-refractivity contribution in [3.05, 3.63) is 54.6 Å². The van der Waals surface area contributed by atoms with Crippen LogP contribution < -0.4 is 20.3 Å². The van der Waals surface area contributed by atoms with Crippen LogP contribution in [0.3, 0.4) is 0 Å². The number of amides is 4. The number of rotatable bonds is 8. The minimum atomic E-state index is -0.907. The molecule has 2 fully saturated rings. The topological polar surface area (TPSA) is 100 Å². The standard InChI is InChI=1S/C23H26N4O5/c28-21(16-20-22(29)27(23(30)25-20)18-6-2-1-3-7-18)24-17-5-4-8-19(15-17)32-14-11-26-9-12-31-13-10-26/h1-8,15,20H,9-14,16H2,(H,24,28)(H,25,30). The Bertz CT molecular complexity index is 962. The summed E-state index contributed by atoms with van der Waals surface area (Å²) in [7, 11) is 0. The molecule has 168 valence electrons. The van der Waals surface area contributed by atoms with E-state index in [4.69, 9.17) is 9.47 Å². The third kappa shape index (κ3) is 5.43. The summed E-state index contributed by atoms with van der Waals surface area (Å²) in [6.45, 7) is 4.63. The summed E-state index contributed by atoms with van der Waals surface area (Å²) in [6, 6.07) is 14.3. The second-order valence-electron chi connectivity index (χ2n) is 7.59. The number of imide groups is 1. The van der Waals surface area contributed by atoms with Gasteiger partial charge in [0.2, 0.25) is 5.91 Å². The van der Waals surface area contributed by atoms with Gasteiger partial charge in [0.15, 0.2) is 0 Å². The van der Waals surface area contributed by atoms with Gasteiger partial charge in [-0.2, -0.15) is 0 Å². The third-order valence-corrected chi connectivity index (χ3v) is 5.32. The van der Waals surface area contributed by atoms with E-state index in [-0.39, 0.29) is 12.3 Å². The molecule has 2 saturated heterocycles. The van der Waals surface area contributed by atoms with Crippen molar-refractivity contribution in [2.24, 2.45) is 0 Å². The zero-order valence-corrected chi connectivity index (χ0v) is 17.7. The highest BCUT2D eigenvalue weighted by atomic mass is 16.5. The van der Waals surface area contributed by atoms with E-state index in [1.807, 2.05) is 6.07 Å². The van der Waals surface area contributed by atoms with E-state index in [0.29, 0.717) is 23.7 Å². The Balaban J connectivity index is 1.28. The first kappa shape index (κ1) is 21.8. The Hall–Kier alpha value is -3.43. The molecule has 0 saturated carbocycles. The average molecular weight is 438 g/mol. The zero-order chi connectivity index (χ0) is 22.3. The quantitative estimate of drug-likeness (QED) is 0.611. The lowest BCUT2D eigenvalue weighted by molar-refractivity contribution is -0.122. The molecule has 0 spiro atoms. The van der Waals surface area contributed by atoms with Gasteiger partial charge in [-0.3, -0.25) is 14.5 Å². The molecule has 0 bridgehead atoms. The van der Waals surface area contributed by atoms with Crippen LogP contribution in [0.5, 0.6) is 5.75 Å². The number of nitrogens with one attached hydrogen (secondary N) is 2. The SMILES string of the molecule is O=C(CC1NC(=O)N(c2ccccc2)C1=O)Nc1cccc(OCCN2CCOCC2)c1. The number of urea groups is 1. The molecule has 2 aliphatic heterocycles. The van der Waals surface area contributed by atoms with Crippen LogP contribution >= 0.6 is 0 Å². The summed E-state index contributed by atoms with van der Waals surface area (Å²) in [5, 5.41) is 5.35. The van der Waals surface area contributed by atoms with Gasteiger partial charge in [-0.1, -0.05) is 24.3 Å². The molecule has 2 aromatic rings. The second kappa shape index (κ2) is 10.3. The molecule has 0 aliphatic carbocycles. The number of para-hydroxylation sites is 1. The van der Waals surface area contributed by atoms with E-state index < -0.39 is 18.0 Å². The second-order valence-corrected chi connectivity index (χ2v) is 7.59. The highest BCUT2D eigenvalue weighted by Crippen LogP contribution is 2.21. The van der Waals surface area contributed by atoms with Gasteiger partial charge in [0, 0.05) is 31.4 Å². The first-order valence-electron chi connectivity index (χ1n) is 10.6. The maximum absolute atomic E-state index is 12.6. The number of nitrogens with zero attached hydrogens (tertiary/aromatic N) is 2. The molecular formula is C23H26N4O5. The molecule has 32 heavy (non-hydrogen) atoms. The van der Waals surface area contributed by atoms with Crippen LogP contribution in [0, 0.1) is 0 Å². The maximum Gasteiger partial charge on any atom is 0.329 e. The van der Waals surface area contributed by atoms with Gasteiger partial charge in [0.25, 0.3) is 5.91 Å². The monoisotopic (exact) mass is 438 g/mol. The predicted molar refractivity (Wildman–Crippen MR) is 119 cm³/mol. The number of anilines is 2. The number of benzene rings is 2. The van der Waals surface area contributed by atoms with Crippen LogP contribution in [0.4, 0.5) is 16.2 Å². The van der Waals surface area contributed by atoms with Gasteiger partial charge in [0.05, 0.1) is 25.3 Å². The number of ether oxygens (including phenoxy) is 2. The Morgan fingerprint density at radius 1 is 1.09 bits per heavy atom. The highest BCUT2D eigenvalue weighted by Gasteiger charge is 2.39. The van der Waals surface area contributed by atoms with Crippen molar-refractivity contribution in [3.8, 4) is 5.75 Å². The molecule has 2 aromatic carbocycles. The van der Waals surface area contributed by atoms with Crippen molar-refractivity contribution < 1.29 is 23.9 Å².